The first-order valence-corrected chi connectivity index (χ1v) is 7.10. The van der Waals surface area contributed by atoms with Crippen molar-refractivity contribution >= 4 is 28.9 Å². The molecule has 0 aliphatic rings. The molecule has 0 radical (unpaired) electrons. The molecule has 1 amide bonds. The molecular formula is C14H15N3O3S. The molecule has 0 aliphatic heterocycles. The summed E-state index contributed by atoms with van der Waals surface area (Å²) in [5.41, 5.74) is 6.83. The van der Waals surface area contributed by atoms with Crippen molar-refractivity contribution in [2.75, 3.05) is 11.9 Å². The smallest absolute Gasteiger partial charge is 0.335 e. The van der Waals surface area contributed by atoms with E-state index in [1.807, 2.05) is 0 Å². The van der Waals surface area contributed by atoms with E-state index in [0.29, 0.717) is 16.4 Å². The summed E-state index contributed by atoms with van der Waals surface area (Å²) in [7, 11) is 1.61. The number of hydrogen-bond acceptors (Lipinski definition) is 5. The molecule has 1 heterocycles. The van der Waals surface area contributed by atoms with E-state index in [1.54, 1.807) is 31.5 Å². The minimum atomic E-state index is -1.00. The van der Waals surface area contributed by atoms with Crippen molar-refractivity contribution in [3.8, 4) is 0 Å². The quantitative estimate of drug-likeness (QED) is 0.902. The third-order valence-electron chi connectivity index (χ3n) is 2.94. The number of aromatic nitrogens is 1. The second-order valence-corrected chi connectivity index (χ2v) is 5.47. The highest BCUT2D eigenvalue weighted by atomic mass is 32.1. The Morgan fingerprint density at radius 1 is 1.33 bits per heavy atom. The maximum Gasteiger partial charge on any atom is 0.335 e. The molecule has 7 heteroatoms. The largest absolute Gasteiger partial charge is 0.478 e. The van der Waals surface area contributed by atoms with Crippen LogP contribution in [0.15, 0.2) is 29.6 Å². The molecule has 3 N–H and O–H groups in total. The molecule has 1 aromatic carbocycles. The van der Waals surface area contributed by atoms with Gasteiger partial charge < -0.3 is 15.7 Å². The number of hydrogen-bond donors (Lipinski definition) is 2. The predicted molar refractivity (Wildman–Crippen MR) is 80.9 cm³/mol. The van der Waals surface area contributed by atoms with Gasteiger partial charge in [0.1, 0.15) is 10.7 Å². The van der Waals surface area contributed by atoms with Gasteiger partial charge in [-0.15, -0.1) is 11.3 Å². The molecule has 0 aliphatic carbocycles. The molecule has 0 saturated heterocycles. The van der Waals surface area contributed by atoms with Crippen molar-refractivity contribution in [1.29, 1.82) is 0 Å². The number of carboxylic acids is 1. The molecular weight excluding hydrogens is 290 g/mol. The third kappa shape index (κ3) is 3.26. The van der Waals surface area contributed by atoms with Crippen LogP contribution in [0.4, 0.5) is 5.69 Å². The van der Waals surface area contributed by atoms with Crippen molar-refractivity contribution < 1.29 is 14.7 Å². The Morgan fingerprint density at radius 3 is 2.43 bits per heavy atom. The lowest BCUT2D eigenvalue weighted by molar-refractivity contribution is 0.0696. The van der Waals surface area contributed by atoms with Gasteiger partial charge in [0.15, 0.2) is 0 Å². The van der Waals surface area contributed by atoms with Crippen LogP contribution < -0.4 is 10.6 Å². The molecule has 1 aromatic heterocycles. The van der Waals surface area contributed by atoms with E-state index in [9.17, 15) is 9.59 Å². The van der Waals surface area contributed by atoms with Crippen LogP contribution in [-0.2, 0) is 0 Å². The SMILES string of the molecule is CC(N)c1nc(C(=O)N(C)c2ccc(C(=O)O)cc2)cs1. The first-order chi connectivity index (χ1) is 9.90. The predicted octanol–water partition coefficient (Wildman–Crippen LogP) is 2.14. The first kappa shape index (κ1) is 15.1. The van der Waals surface area contributed by atoms with Gasteiger partial charge in [0.2, 0.25) is 0 Å². The number of aromatic carboxylic acids is 1. The Labute approximate surface area is 125 Å². The number of benzene rings is 1. The molecule has 6 nitrogen and oxygen atoms in total. The standard InChI is InChI=1S/C14H15N3O3S/c1-8(15)12-16-11(7-21-12)13(18)17(2)10-5-3-9(4-6-10)14(19)20/h3-8H,15H2,1-2H3,(H,19,20). The van der Waals surface area contributed by atoms with E-state index in [4.69, 9.17) is 10.8 Å². The van der Waals surface area contributed by atoms with Gasteiger partial charge in [-0.3, -0.25) is 4.79 Å². The topological polar surface area (TPSA) is 96.5 Å². The Balaban J connectivity index is 2.19. The fraction of sp³-hybridized carbons (Fsp3) is 0.214. The fourth-order valence-corrected chi connectivity index (χ4v) is 2.46. The molecule has 110 valence electrons. The number of nitrogens with zero attached hydrogens (tertiary/aromatic N) is 2. The second kappa shape index (κ2) is 6.02. The molecule has 1 unspecified atom stereocenters. The normalized spacial score (nSPS) is 12.0. The highest BCUT2D eigenvalue weighted by Crippen LogP contribution is 2.20. The van der Waals surface area contributed by atoms with Crippen molar-refractivity contribution in [2.45, 2.75) is 13.0 Å². The van der Waals surface area contributed by atoms with Crippen LogP contribution >= 0.6 is 11.3 Å². The second-order valence-electron chi connectivity index (χ2n) is 4.58. The Hall–Kier alpha value is -2.25. The summed E-state index contributed by atoms with van der Waals surface area (Å²) in [5, 5.41) is 11.2. The Kier molecular flexibility index (Phi) is 4.35. The minimum absolute atomic E-state index is 0.174. The molecule has 0 spiro atoms. The average molecular weight is 305 g/mol. The molecule has 1 atom stereocenters. The van der Waals surface area contributed by atoms with Gasteiger partial charge in [-0.2, -0.15) is 0 Å². The lowest BCUT2D eigenvalue weighted by Crippen LogP contribution is -2.26. The van der Waals surface area contributed by atoms with Crippen LogP contribution in [0.25, 0.3) is 0 Å². The van der Waals surface area contributed by atoms with Gasteiger partial charge in [-0.05, 0) is 31.2 Å². The maximum atomic E-state index is 12.3. The monoisotopic (exact) mass is 305 g/mol. The minimum Gasteiger partial charge on any atom is -0.478 e. The van der Waals surface area contributed by atoms with Crippen molar-refractivity contribution in [3.63, 3.8) is 0 Å². The fourth-order valence-electron chi connectivity index (χ4n) is 1.71. The van der Waals surface area contributed by atoms with Gasteiger partial charge >= 0.3 is 5.97 Å². The molecule has 0 saturated carbocycles. The summed E-state index contributed by atoms with van der Waals surface area (Å²) in [5.74, 6) is -1.27. The number of carbonyl (C=O) groups excluding carboxylic acids is 1. The van der Waals surface area contributed by atoms with Crippen LogP contribution in [-0.4, -0.2) is 29.0 Å². The summed E-state index contributed by atoms with van der Waals surface area (Å²) in [6.07, 6.45) is 0. The number of anilines is 1. The van der Waals surface area contributed by atoms with E-state index in [2.05, 4.69) is 4.98 Å². The van der Waals surface area contributed by atoms with Crippen molar-refractivity contribution in [1.82, 2.24) is 4.98 Å². The van der Waals surface area contributed by atoms with Crippen molar-refractivity contribution in [2.24, 2.45) is 5.73 Å². The highest BCUT2D eigenvalue weighted by Gasteiger charge is 2.18. The lowest BCUT2D eigenvalue weighted by Gasteiger charge is -2.16. The van der Waals surface area contributed by atoms with Gasteiger partial charge in [0.05, 0.1) is 11.6 Å². The van der Waals surface area contributed by atoms with E-state index in [-0.39, 0.29) is 17.5 Å². The lowest BCUT2D eigenvalue weighted by atomic mass is 10.2. The van der Waals surface area contributed by atoms with E-state index >= 15 is 0 Å². The number of nitrogens with two attached hydrogens (primary N) is 1. The molecule has 0 bridgehead atoms. The van der Waals surface area contributed by atoms with Crippen LogP contribution in [0.2, 0.25) is 0 Å². The zero-order chi connectivity index (χ0) is 15.6. The number of thiazole rings is 1. The van der Waals surface area contributed by atoms with Crippen LogP contribution in [0.3, 0.4) is 0 Å². The third-order valence-corrected chi connectivity index (χ3v) is 3.98. The summed E-state index contributed by atoms with van der Waals surface area (Å²) >= 11 is 1.34. The summed E-state index contributed by atoms with van der Waals surface area (Å²) in [6.45, 7) is 1.81. The van der Waals surface area contributed by atoms with Crippen molar-refractivity contribution in [3.05, 3.63) is 45.9 Å². The van der Waals surface area contributed by atoms with Gasteiger partial charge in [-0.1, -0.05) is 0 Å². The van der Waals surface area contributed by atoms with Gasteiger partial charge in [0, 0.05) is 18.1 Å². The molecule has 0 fully saturated rings. The van der Waals surface area contributed by atoms with Crippen LogP contribution in [0.1, 0.15) is 38.8 Å². The maximum absolute atomic E-state index is 12.3. The van der Waals surface area contributed by atoms with Crippen LogP contribution in [0, 0.1) is 0 Å². The van der Waals surface area contributed by atoms with Gasteiger partial charge in [-0.25, -0.2) is 9.78 Å². The van der Waals surface area contributed by atoms with Gasteiger partial charge in [0.25, 0.3) is 5.91 Å². The van der Waals surface area contributed by atoms with E-state index in [1.165, 1.54) is 28.4 Å². The average Bonchev–Trinajstić information content (AvgIpc) is 2.96. The van der Waals surface area contributed by atoms with E-state index in [0.717, 1.165) is 0 Å². The van der Waals surface area contributed by atoms with E-state index < -0.39 is 5.97 Å². The summed E-state index contributed by atoms with van der Waals surface area (Å²) in [4.78, 5) is 28.7. The molecule has 2 rings (SSSR count). The van der Waals surface area contributed by atoms with Crippen LogP contribution in [0.5, 0.6) is 0 Å². The molecule has 21 heavy (non-hydrogen) atoms. The number of rotatable bonds is 4. The number of carbonyl (C=O) groups is 2. The first-order valence-electron chi connectivity index (χ1n) is 6.22. The number of amides is 1. The zero-order valence-electron chi connectivity index (χ0n) is 11.6. The highest BCUT2D eigenvalue weighted by molar-refractivity contribution is 7.09. The summed E-state index contributed by atoms with van der Waals surface area (Å²) in [6, 6.07) is 5.86. The summed E-state index contributed by atoms with van der Waals surface area (Å²) < 4.78 is 0. The Morgan fingerprint density at radius 2 is 1.95 bits per heavy atom. The zero-order valence-corrected chi connectivity index (χ0v) is 12.4. The number of carboxylic acid groups (broad SMARTS) is 1. The Bertz CT molecular complexity index is 664. The molecule has 2 aromatic rings.